The van der Waals surface area contributed by atoms with Crippen LogP contribution < -0.4 is 10.6 Å². The van der Waals surface area contributed by atoms with Gasteiger partial charge in [0, 0.05) is 25.5 Å². The van der Waals surface area contributed by atoms with Gasteiger partial charge in [0.05, 0.1) is 47.6 Å². The van der Waals surface area contributed by atoms with Crippen LogP contribution in [0, 0.1) is 11.8 Å². The summed E-state index contributed by atoms with van der Waals surface area (Å²) in [5, 5.41) is 6.61. The number of nitrogens with zero attached hydrogens (tertiary/aromatic N) is 5. The fourth-order valence-corrected chi connectivity index (χ4v) is 8.05. The van der Waals surface area contributed by atoms with E-state index in [0.29, 0.717) is 13.1 Å². The molecular formula is C43H51N9O4. The molecular weight excluding hydrogens is 707 g/mol. The van der Waals surface area contributed by atoms with Crippen molar-refractivity contribution in [2.24, 2.45) is 11.8 Å². The zero-order valence-electron chi connectivity index (χ0n) is 32.4. The molecule has 2 amide bonds. The molecule has 0 saturated carbocycles. The van der Waals surface area contributed by atoms with Gasteiger partial charge in [-0.05, 0) is 71.9 Å². The second-order valence-electron chi connectivity index (χ2n) is 15.7. The molecule has 292 valence electrons. The highest BCUT2D eigenvalue weighted by atomic mass is 16.9. The zero-order valence-corrected chi connectivity index (χ0v) is 32.4. The van der Waals surface area contributed by atoms with E-state index in [-0.39, 0.29) is 48.6 Å². The van der Waals surface area contributed by atoms with Gasteiger partial charge in [-0.15, -0.1) is 0 Å². The molecule has 0 spiro atoms. The van der Waals surface area contributed by atoms with Crippen LogP contribution in [-0.2, 0) is 19.1 Å². The quantitative estimate of drug-likeness (QED) is 0.101. The monoisotopic (exact) mass is 757 g/mol. The Kier molecular flexibility index (Phi) is 11.0. The van der Waals surface area contributed by atoms with Crippen LogP contribution in [0.3, 0.4) is 0 Å². The zero-order chi connectivity index (χ0) is 38.8. The SMILES string of the molecule is CC(C)[C@H](Nc1cccnc1)C(=O)N1CCC[C@H]1c1ncc(-c2ccc(-c3ccc(-c4cnc([C@@H]5CCCN5C(=O)[C@@H](NC5OCO5)C(C)C)[nH]4)cc3)cc2)[nH]1. The third-order valence-electron chi connectivity index (χ3n) is 11.2. The summed E-state index contributed by atoms with van der Waals surface area (Å²) in [5.41, 5.74) is 6.93. The van der Waals surface area contributed by atoms with Gasteiger partial charge in [0.25, 0.3) is 0 Å². The Morgan fingerprint density at radius 1 is 0.696 bits per heavy atom. The summed E-state index contributed by atoms with van der Waals surface area (Å²) in [4.78, 5) is 52.2. The van der Waals surface area contributed by atoms with Crippen LogP contribution in [0.5, 0.6) is 0 Å². The largest absolute Gasteiger partial charge is 0.372 e. The molecule has 3 fully saturated rings. The molecule has 4 N–H and O–H groups in total. The second-order valence-corrected chi connectivity index (χ2v) is 15.7. The van der Waals surface area contributed by atoms with Gasteiger partial charge in [-0.2, -0.15) is 0 Å². The third kappa shape index (κ3) is 7.84. The molecule has 13 nitrogen and oxygen atoms in total. The predicted molar refractivity (Wildman–Crippen MR) is 213 cm³/mol. The van der Waals surface area contributed by atoms with Crippen molar-refractivity contribution < 1.29 is 19.1 Å². The number of hydrogen-bond donors (Lipinski definition) is 4. The molecule has 4 atom stereocenters. The molecule has 3 saturated heterocycles. The number of nitrogens with one attached hydrogen (secondary N) is 4. The van der Waals surface area contributed by atoms with Crippen LogP contribution in [0.25, 0.3) is 33.6 Å². The average Bonchev–Trinajstić information content (AvgIpc) is 4.03. The van der Waals surface area contributed by atoms with Gasteiger partial charge < -0.3 is 34.6 Å². The van der Waals surface area contributed by atoms with Crippen molar-refractivity contribution in [2.75, 3.05) is 25.2 Å². The highest BCUT2D eigenvalue weighted by Gasteiger charge is 2.39. The summed E-state index contributed by atoms with van der Waals surface area (Å²) < 4.78 is 10.7. The smallest absolute Gasteiger partial charge is 0.245 e. The van der Waals surface area contributed by atoms with Gasteiger partial charge in [-0.3, -0.25) is 19.9 Å². The van der Waals surface area contributed by atoms with Gasteiger partial charge in [0.15, 0.2) is 6.79 Å². The lowest BCUT2D eigenvalue weighted by molar-refractivity contribution is -0.335. The van der Waals surface area contributed by atoms with Gasteiger partial charge >= 0.3 is 0 Å². The Hall–Kier alpha value is -5.37. The number of rotatable bonds is 13. The summed E-state index contributed by atoms with van der Waals surface area (Å²) in [6, 6.07) is 19.7. The molecule has 56 heavy (non-hydrogen) atoms. The van der Waals surface area contributed by atoms with E-state index in [1.165, 1.54) is 0 Å². The summed E-state index contributed by atoms with van der Waals surface area (Å²) in [7, 11) is 0. The number of amides is 2. The molecule has 0 unspecified atom stereocenters. The minimum Gasteiger partial charge on any atom is -0.372 e. The highest BCUT2D eigenvalue weighted by molar-refractivity contribution is 5.86. The lowest BCUT2D eigenvalue weighted by Gasteiger charge is -2.35. The minimum atomic E-state index is -0.536. The highest BCUT2D eigenvalue weighted by Crippen LogP contribution is 2.35. The van der Waals surface area contributed by atoms with Gasteiger partial charge in [0.2, 0.25) is 18.2 Å². The number of anilines is 1. The van der Waals surface area contributed by atoms with Crippen molar-refractivity contribution in [2.45, 2.75) is 84.0 Å². The van der Waals surface area contributed by atoms with Crippen LogP contribution in [0.4, 0.5) is 5.69 Å². The van der Waals surface area contributed by atoms with E-state index in [1.807, 2.05) is 48.2 Å². The predicted octanol–water partition coefficient (Wildman–Crippen LogP) is 6.89. The standard InChI is InChI=1S/C43H51N9O4/c1-26(2)37(47-32-8-5-19-44-22-32)41(53)51-20-6-9-35(51)39-45-23-33(48-39)30-15-11-28(12-16-30)29-13-17-31(18-14-29)34-24-46-40(49-34)36-10-7-21-52(36)42(54)38(27(3)4)50-43-55-25-56-43/h5,8,11-19,22-24,26-27,35-38,43,47,50H,6-7,9-10,20-21,25H2,1-4H3,(H,45,48)(H,46,49)/t35-,36-,37-,38-/m0/s1. The second kappa shape index (κ2) is 16.4. The summed E-state index contributed by atoms with van der Waals surface area (Å²) >= 11 is 0. The number of benzene rings is 2. The maximum atomic E-state index is 13.9. The van der Waals surface area contributed by atoms with Crippen molar-refractivity contribution >= 4 is 17.5 Å². The fraction of sp³-hybridized carbons (Fsp3) is 0.419. The maximum absolute atomic E-state index is 13.9. The summed E-state index contributed by atoms with van der Waals surface area (Å²) in [5.74, 6) is 1.92. The first-order chi connectivity index (χ1) is 27.2. The number of H-pyrrole nitrogens is 2. The van der Waals surface area contributed by atoms with Crippen LogP contribution in [-0.4, -0.2) is 84.9 Å². The van der Waals surface area contributed by atoms with Crippen molar-refractivity contribution in [3.05, 3.63) is 97.1 Å². The number of likely N-dealkylation sites (tertiary alicyclic amines) is 2. The van der Waals surface area contributed by atoms with Gasteiger partial charge in [-0.25, -0.2) is 9.97 Å². The number of ether oxygens (including phenoxy) is 2. The maximum Gasteiger partial charge on any atom is 0.245 e. The van der Waals surface area contributed by atoms with E-state index in [0.717, 1.165) is 76.7 Å². The van der Waals surface area contributed by atoms with Crippen molar-refractivity contribution in [1.82, 2.24) is 40.0 Å². The number of hydrogen-bond acceptors (Lipinski definition) is 9. The topological polar surface area (TPSA) is 153 Å². The molecule has 3 aliphatic rings. The third-order valence-corrected chi connectivity index (χ3v) is 11.2. The average molecular weight is 758 g/mol. The van der Waals surface area contributed by atoms with Crippen LogP contribution in [0.15, 0.2) is 85.5 Å². The Balaban J connectivity index is 0.909. The number of carbonyl (C=O) groups is 2. The number of aromatic amines is 2. The molecule has 8 rings (SSSR count). The minimum absolute atomic E-state index is 0.0424. The first-order valence-corrected chi connectivity index (χ1v) is 19.8. The van der Waals surface area contributed by atoms with E-state index < -0.39 is 12.5 Å². The van der Waals surface area contributed by atoms with E-state index >= 15 is 0 Å². The number of aromatic nitrogens is 5. The fourth-order valence-electron chi connectivity index (χ4n) is 8.05. The molecule has 13 heteroatoms. The Bertz CT molecular complexity index is 2090. The Morgan fingerprint density at radius 3 is 1.64 bits per heavy atom. The first-order valence-electron chi connectivity index (χ1n) is 19.8. The molecule has 0 bridgehead atoms. The van der Waals surface area contributed by atoms with Crippen molar-refractivity contribution in [3.8, 4) is 33.6 Å². The summed E-state index contributed by atoms with van der Waals surface area (Å²) in [6.07, 6.45) is 10.3. The van der Waals surface area contributed by atoms with E-state index in [2.05, 4.69) is 88.0 Å². The van der Waals surface area contributed by atoms with Crippen LogP contribution >= 0.6 is 0 Å². The number of imidazole rings is 2. The van der Waals surface area contributed by atoms with Crippen molar-refractivity contribution in [3.63, 3.8) is 0 Å². The molecule has 2 aromatic carbocycles. The van der Waals surface area contributed by atoms with E-state index in [9.17, 15) is 9.59 Å². The molecule has 3 aromatic heterocycles. The number of carbonyl (C=O) groups excluding carboxylic acids is 2. The molecule has 5 aromatic rings. The lowest BCUT2D eigenvalue weighted by atomic mass is 10.0. The van der Waals surface area contributed by atoms with Crippen molar-refractivity contribution in [1.29, 1.82) is 0 Å². The normalized spacial score (nSPS) is 19.8. The van der Waals surface area contributed by atoms with Crippen LogP contribution in [0.2, 0.25) is 0 Å². The molecule has 0 aliphatic carbocycles. The number of pyridine rings is 1. The molecule has 6 heterocycles. The van der Waals surface area contributed by atoms with E-state index in [1.54, 1.807) is 12.4 Å². The van der Waals surface area contributed by atoms with Crippen LogP contribution in [0.1, 0.15) is 77.1 Å². The molecule has 0 radical (unpaired) electrons. The Morgan fingerprint density at radius 2 is 1.20 bits per heavy atom. The lowest BCUT2D eigenvalue weighted by Crippen LogP contribution is -2.56. The van der Waals surface area contributed by atoms with E-state index in [4.69, 9.17) is 19.4 Å². The van der Waals surface area contributed by atoms with Gasteiger partial charge in [-0.1, -0.05) is 76.2 Å². The first kappa shape index (κ1) is 37.5. The Labute approximate surface area is 327 Å². The van der Waals surface area contributed by atoms with Gasteiger partial charge in [0.1, 0.15) is 17.7 Å². The molecule has 3 aliphatic heterocycles. The summed E-state index contributed by atoms with van der Waals surface area (Å²) in [6.45, 7) is 9.83.